The maximum atomic E-state index is 5.24. The quantitative estimate of drug-likeness (QED) is 0.794. The van der Waals surface area contributed by atoms with Crippen LogP contribution in [0.2, 0.25) is 0 Å². The van der Waals surface area contributed by atoms with Gasteiger partial charge in [-0.05, 0) is 43.5 Å². The Labute approximate surface area is 113 Å². The van der Waals surface area contributed by atoms with E-state index in [1.54, 1.807) is 7.11 Å². The molecular weight excluding hydrogens is 278 g/mol. The Morgan fingerprint density at radius 3 is 2.88 bits per heavy atom. The molecule has 0 saturated heterocycles. The van der Waals surface area contributed by atoms with E-state index in [-0.39, 0.29) is 0 Å². The van der Waals surface area contributed by atoms with E-state index >= 15 is 0 Å². The average Bonchev–Trinajstić information content (AvgIpc) is 2.33. The van der Waals surface area contributed by atoms with Crippen LogP contribution in [0.15, 0.2) is 28.7 Å². The van der Waals surface area contributed by atoms with Crippen LogP contribution in [-0.4, -0.2) is 26.3 Å². The highest BCUT2D eigenvalue weighted by molar-refractivity contribution is 9.10. The molecule has 1 aromatic rings. The molecule has 2 nitrogen and oxygen atoms in total. The Morgan fingerprint density at radius 1 is 1.41 bits per heavy atom. The monoisotopic (exact) mass is 299 g/mol. The van der Waals surface area contributed by atoms with Crippen LogP contribution < -0.4 is 5.32 Å². The molecule has 96 valence electrons. The molecule has 17 heavy (non-hydrogen) atoms. The van der Waals surface area contributed by atoms with Gasteiger partial charge >= 0.3 is 0 Å². The molecule has 1 atom stereocenters. The highest BCUT2D eigenvalue weighted by Crippen LogP contribution is 2.13. The first-order valence-corrected chi connectivity index (χ1v) is 7.02. The highest BCUT2D eigenvalue weighted by atomic mass is 79.9. The number of hydrogen-bond donors (Lipinski definition) is 1. The summed E-state index contributed by atoms with van der Waals surface area (Å²) in [5.41, 5.74) is 1.37. The Hall–Kier alpha value is -0.380. The molecule has 0 heterocycles. The Morgan fingerprint density at radius 2 is 2.24 bits per heavy atom. The number of benzene rings is 1. The maximum absolute atomic E-state index is 5.24. The first-order chi connectivity index (χ1) is 8.26. The lowest BCUT2D eigenvalue weighted by molar-refractivity contribution is 0.162. The van der Waals surface area contributed by atoms with Gasteiger partial charge in [0.25, 0.3) is 0 Å². The van der Waals surface area contributed by atoms with Crippen LogP contribution >= 0.6 is 15.9 Å². The summed E-state index contributed by atoms with van der Waals surface area (Å²) in [6.45, 7) is 4.03. The van der Waals surface area contributed by atoms with Crippen molar-refractivity contribution in [2.24, 2.45) is 0 Å². The number of rotatable bonds is 8. The Balaban J connectivity index is 2.39. The van der Waals surface area contributed by atoms with E-state index in [1.165, 1.54) is 5.56 Å². The van der Waals surface area contributed by atoms with Gasteiger partial charge in [0.05, 0.1) is 6.61 Å². The molecule has 0 amide bonds. The van der Waals surface area contributed by atoms with Crippen LogP contribution in [0.4, 0.5) is 0 Å². The van der Waals surface area contributed by atoms with Gasteiger partial charge in [0.2, 0.25) is 0 Å². The fourth-order valence-electron chi connectivity index (χ4n) is 1.83. The number of hydrogen-bond acceptors (Lipinski definition) is 2. The van der Waals surface area contributed by atoms with Crippen molar-refractivity contribution < 1.29 is 4.74 Å². The van der Waals surface area contributed by atoms with Crippen LogP contribution in [-0.2, 0) is 11.2 Å². The third-order valence-corrected chi connectivity index (χ3v) is 3.21. The normalized spacial score (nSPS) is 12.6. The summed E-state index contributed by atoms with van der Waals surface area (Å²) in [7, 11) is 1.76. The third kappa shape index (κ3) is 6.20. The zero-order chi connectivity index (χ0) is 12.5. The van der Waals surface area contributed by atoms with Gasteiger partial charge in [-0.2, -0.15) is 0 Å². The van der Waals surface area contributed by atoms with Crippen molar-refractivity contribution in [3.8, 4) is 0 Å². The summed E-state index contributed by atoms with van der Waals surface area (Å²) in [5.74, 6) is 0. The summed E-state index contributed by atoms with van der Waals surface area (Å²) >= 11 is 3.50. The van der Waals surface area contributed by atoms with E-state index in [1.807, 2.05) is 0 Å². The van der Waals surface area contributed by atoms with E-state index in [0.29, 0.717) is 6.04 Å². The molecule has 1 N–H and O–H groups in total. The van der Waals surface area contributed by atoms with Crippen molar-refractivity contribution in [3.05, 3.63) is 34.3 Å². The van der Waals surface area contributed by atoms with Crippen molar-refractivity contribution in [1.82, 2.24) is 5.32 Å². The van der Waals surface area contributed by atoms with E-state index in [0.717, 1.165) is 36.9 Å². The summed E-state index contributed by atoms with van der Waals surface area (Å²) < 4.78 is 6.39. The minimum atomic E-state index is 0.457. The van der Waals surface area contributed by atoms with Crippen molar-refractivity contribution in [3.63, 3.8) is 0 Å². The summed E-state index contributed by atoms with van der Waals surface area (Å²) in [6.07, 6.45) is 3.37. The number of aryl methyl sites for hydroxylation is 1. The lowest BCUT2D eigenvalue weighted by atomic mass is 10.1. The first kappa shape index (κ1) is 14.7. The minimum absolute atomic E-state index is 0.457. The number of methoxy groups -OCH3 is 1. The molecule has 0 aliphatic carbocycles. The smallest absolute Gasteiger partial charge is 0.0615 e. The maximum Gasteiger partial charge on any atom is 0.0615 e. The van der Waals surface area contributed by atoms with Gasteiger partial charge in [-0.3, -0.25) is 0 Å². The number of nitrogens with one attached hydrogen (secondary N) is 1. The molecule has 0 spiro atoms. The molecule has 3 heteroatoms. The topological polar surface area (TPSA) is 21.3 Å². The molecule has 1 aromatic carbocycles. The molecule has 0 radical (unpaired) electrons. The van der Waals surface area contributed by atoms with Gasteiger partial charge in [-0.15, -0.1) is 0 Å². The zero-order valence-electron chi connectivity index (χ0n) is 10.7. The molecule has 0 aliphatic rings. The van der Waals surface area contributed by atoms with Crippen LogP contribution in [0.3, 0.4) is 0 Å². The van der Waals surface area contributed by atoms with Crippen LogP contribution in [0.1, 0.15) is 25.3 Å². The molecule has 0 saturated carbocycles. The van der Waals surface area contributed by atoms with Crippen molar-refractivity contribution in [1.29, 1.82) is 0 Å². The third-order valence-electron chi connectivity index (χ3n) is 2.72. The van der Waals surface area contributed by atoms with E-state index < -0.39 is 0 Å². The van der Waals surface area contributed by atoms with Gasteiger partial charge in [-0.1, -0.05) is 35.0 Å². The zero-order valence-corrected chi connectivity index (χ0v) is 12.3. The first-order valence-electron chi connectivity index (χ1n) is 6.23. The van der Waals surface area contributed by atoms with Gasteiger partial charge in [-0.25, -0.2) is 0 Å². The largest absolute Gasteiger partial charge is 0.383 e. The SMILES string of the molecule is CCCNC(CCc1cccc(Br)c1)COC. The van der Waals surface area contributed by atoms with Gasteiger partial charge in [0.15, 0.2) is 0 Å². The summed E-state index contributed by atoms with van der Waals surface area (Å²) in [6, 6.07) is 8.97. The molecule has 0 aromatic heterocycles. The molecular formula is C14H22BrNO. The lowest BCUT2D eigenvalue weighted by Gasteiger charge is -2.17. The number of halogens is 1. The Bertz CT molecular complexity index is 317. The second-order valence-corrected chi connectivity index (χ2v) is 5.19. The predicted molar refractivity (Wildman–Crippen MR) is 76.4 cm³/mol. The van der Waals surface area contributed by atoms with Gasteiger partial charge < -0.3 is 10.1 Å². The van der Waals surface area contributed by atoms with Crippen LogP contribution in [0.5, 0.6) is 0 Å². The number of ether oxygens (including phenoxy) is 1. The van der Waals surface area contributed by atoms with Gasteiger partial charge in [0.1, 0.15) is 0 Å². The highest BCUT2D eigenvalue weighted by Gasteiger charge is 2.07. The van der Waals surface area contributed by atoms with Crippen molar-refractivity contribution >= 4 is 15.9 Å². The average molecular weight is 300 g/mol. The van der Waals surface area contributed by atoms with Crippen molar-refractivity contribution in [2.75, 3.05) is 20.3 Å². The lowest BCUT2D eigenvalue weighted by Crippen LogP contribution is -2.34. The summed E-state index contributed by atoms with van der Waals surface area (Å²) in [5, 5.41) is 3.52. The van der Waals surface area contributed by atoms with E-state index in [4.69, 9.17) is 4.74 Å². The predicted octanol–water partition coefficient (Wildman–Crippen LogP) is 3.40. The van der Waals surface area contributed by atoms with E-state index in [2.05, 4.69) is 52.4 Å². The second kappa shape index (κ2) is 8.67. The molecule has 0 fully saturated rings. The van der Waals surface area contributed by atoms with E-state index in [9.17, 15) is 0 Å². The minimum Gasteiger partial charge on any atom is -0.383 e. The fourth-order valence-corrected chi connectivity index (χ4v) is 2.27. The Kier molecular flexibility index (Phi) is 7.49. The van der Waals surface area contributed by atoms with Crippen LogP contribution in [0, 0.1) is 0 Å². The second-order valence-electron chi connectivity index (χ2n) is 4.27. The van der Waals surface area contributed by atoms with Crippen molar-refractivity contribution in [2.45, 2.75) is 32.2 Å². The standard InChI is InChI=1S/C14H22BrNO/c1-3-9-16-14(11-17-2)8-7-12-5-4-6-13(15)10-12/h4-6,10,14,16H,3,7-9,11H2,1-2H3. The molecule has 0 bridgehead atoms. The molecule has 1 rings (SSSR count). The summed E-state index contributed by atoms with van der Waals surface area (Å²) in [4.78, 5) is 0. The molecule has 0 aliphatic heterocycles. The van der Waals surface area contributed by atoms with Crippen LogP contribution in [0.25, 0.3) is 0 Å². The molecule has 1 unspecified atom stereocenters. The van der Waals surface area contributed by atoms with Gasteiger partial charge in [0, 0.05) is 17.6 Å². The fraction of sp³-hybridized carbons (Fsp3) is 0.571.